The van der Waals surface area contributed by atoms with Gasteiger partial charge < -0.3 is 15.2 Å². The van der Waals surface area contributed by atoms with E-state index in [0.717, 1.165) is 43.6 Å². The average Bonchev–Trinajstić information content (AvgIpc) is 3.24. The van der Waals surface area contributed by atoms with Gasteiger partial charge in [-0.25, -0.2) is 0 Å². The van der Waals surface area contributed by atoms with Crippen molar-refractivity contribution in [3.8, 4) is 0 Å². The van der Waals surface area contributed by atoms with E-state index in [-0.39, 0.29) is 0 Å². The molecule has 1 saturated carbocycles. The van der Waals surface area contributed by atoms with Gasteiger partial charge in [-0.1, -0.05) is 44.7 Å². The second kappa shape index (κ2) is 11.0. The number of nitrogens with zero attached hydrogens (tertiary/aromatic N) is 4. The molecule has 1 aromatic heterocycles. The molecular weight excluding hydrogens is 364 g/mol. The first-order valence-electron chi connectivity index (χ1n) is 11.6. The second-order valence-corrected chi connectivity index (χ2v) is 8.99. The number of aliphatic imine (C=N–C) groups is 1. The van der Waals surface area contributed by atoms with Crippen LogP contribution in [0.4, 0.5) is 0 Å². The lowest BCUT2D eigenvalue weighted by Gasteiger charge is -2.48. The highest BCUT2D eigenvalue weighted by molar-refractivity contribution is 5.79. The third-order valence-electron chi connectivity index (χ3n) is 6.48. The van der Waals surface area contributed by atoms with Gasteiger partial charge in [-0.05, 0) is 45.2 Å². The topological polar surface area (TPSA) is 78.6 Å². The molecule has 2 N–H and O–H groups in total. The molecule has 1 aliphatic carbocycles. The molecule has 164 valence electrons. The number of likely N-dealkylation sites (tertiary alicyclic amines) is 1. The maximum Gasteiger partial charge on any atom is 0.226 e. The summed E-state index contributed by atoms with van der Waals surface area (Å²) in [5, 5.41) is 11.1. The average molecular weight is 405 g/mol. The van der Waals surface area contributed by atoms with Crippen molar-refractivity contribution in [1.82, 2.24) is 25.7 Å². The minimum Gasteiger partial charge on any atom is -0.356 e. The molecule has 0 radical (unpaired) electrons. The summed E-state index contributed by atoms with van der Waals surface area (Å²) in [5.41, 5.74) is 0.313. The summed E-state index contributed by atoms with van der Waals surface area (Å²) < 4.78 is 5.33. The molecule has 0 unspecified atom stereocenters. The molecule has 7 heteroatoms. The fourth-order valence-corrected chi connectivity index (χ4v) is 4.70. The number of aryl methyl sites for hydroxylation is 1. The number of hydrogen-bond donors (Lipinski definition) is 2. The third-order valence-corrected chi connectivity index (χ3v) is 6.48. The molecular formula is C22H40N6O. The molecule has 2 aliphatic rings. The Balaban J connectivity index is 1.44. The zero-order chi connectivity index (χ0) is 20.5. The molecule has 1 aromatic rings. The number of hydrogen-bond acceptors (Lipinski definition) is 5. The van der Waals surface area contributed by atoms with Crippen molar-refractivity contribution in [2.75, 3.05) is 33.2 Å². The number of piperidine rings is 1. The van der Waals surface area contributed by atoms with Crippen LogP contribution in [-0.2, 0) is 6.42 Å². The normalized spacial score (nSPS) is 20.8. The van der Waals surface area contributed by atoms with Crippen molar-refractivity contribution >= 4 is 5.96 Å². The van der Waals surface area contributed by atoms with Crippen LogP contribution in [-0.4, -0.2) is 59.8 Å². The molecule has 29 heavy (non-hydrogen) atoms. The molecule has 0 atom stereocenters. The summed E-state index contributed by atoms with van der Waals surface area (Å²) in [6, 6.07) is 0. The summed E-state index contributed by atoms with van der Waals surface area (Å²) in [4.78, 5) is 11.7. The Kier molecular flexibility index (Phi) is 8.33. The monoisotopic (exact) mass is 404 g/mol. The Morgan fingerprint density at radius 1 is 1.10 bits per heavy atom. The Morgan fingerprint density at radius 2 is 1.83 bits per heavy atom. The number of guanidine groups is 1. The maximum atomic E-state index is 5.33. The van der Waals surface area contributed by atoms with Crippen molar-refractivity contribution < 1.29 is 4.52 Å². The van der Waals surface area contributed by atoms with Gasteiger partial charge in [0.15, 0.2) is 11.8 Å². The van der Waals surface area contributed by atoms with Crippen LogP contribution in [0.25, 0.3) is 0 Å². The fourth-order valence-electron chi connectivity index (χ4n) is 4.70. The first-order chi connectivity index (χ1) is 14.1. The highest BCUT2D eigenvalue weighted by atomic mass is 16.5. The molecule has 0 bridgehead atoms. The first kappa shape index (κ1) is 22.1. The van der Waals surface area contributed by atoms with Crippen molar-refractivity contribution in [2.45, 2.75) is 89.5 Å². The van der Waals surface area contributed by atoms with Crippen molar-refractivity contribution in [3.05, 3.63) is 11.7 Å². The van der Waals surface area contributed by atoms with Crippen LogP contribution < -0.4 is 10.6 Å². The van der Waals surface area contributed by atoms with Crippen LogP contribution >= 0.6 is 0 Å². The summed E-state index contributed by atoms with van der Waals surface area (Å²) in [6.45, 7) is 8.51. The molecule has 2 heterocycles. The lowest BCUT2D eigenvalue weighted by molar-refractivity contribution is 0.0368. The van der Waals surface area contributed by atoms with Crippen molar-refractivity contribution in [1.29, 1.82) is 0 Å². The molecule has 7 nitrogen and oxygen atoms in total. The standard InChI is InChI=1S/C22H40N6O/c1-18(2)20-26-19(29-27-20)11-10-14-24-21(23-3)25-17-22(12-6-4-7-13-22)28-15-8-5-9-16-28/h18H,4-17H2,1-3H3,(H2,23,24,25). The highest BCUT2D eigenvalue weighted by Crippen LogP contribution is 2.35. The van der Waals surface area contributed by atoms with Gasteiger partial charge in [0.1, 0.15) is 0 Å². The van der Waals surface area contributed by atoms with E-state index in [2.05, 4.69) is 44.5 Å². The summed E-state index contributed by atoms with van der Waals surface area (Å²) in [6.07, 6.45) is 12.5. The molecule has 3 rings (SSSR count). The Morgan fingerprint density at radius 3 is 2.48 bits per heavy atom. The Hall–Kier alpha value is -1.63. The van der Waals surface area contributed by atoms with Crippen LogP contribution in [0.15, 0.2) is 9.52 Å². The predicted molar refractivity (Wildman–Crippen MR) is 117 cm³/mol. The molecule has 2 fully saturated rings. The van der Waals surface area contributed by atoms with Crippen LogP contribution in [0.2, 0.25) is 0 Å². The van der Waals surface area contributed by atoms with Crippen LogP contribution in [0.1, 0.15) is 89.3 Å². The van der Waals surface area contributed by atoms with Crippen LogP contribution in [0, 0.1) is 0 Å². The minimum absolute atomic E-state index is 0.306. The first-order valence-corrected chi connectivity index (χ1v) is 11.6. The third kappa shape index (κ3) is 6.17. The van der Waals surface area contributed by atoms with E-state index in [9.17, 15) is 0 Å². The lowest BCUT2D eigenvalue weighted by atomic mass is 9.79. The van der Waals surface area contributed by atoms with Gasteiger partial charge in [0.25, 0.3) is 0 Å². The van der Waals surface area contributed by atoms with E-state index in [1.54, 1.807) is 0 Å². The fraction of sp³-hybridized carbons (Fsp3) is 0.864. The summed E-state index contributed by atoms with van der Waals surface area (Å²) >= 11 is 0. The summed E-state index contributed by atoms with van der Waals surface area (Å²) in [5.74, 6) is 2.73. The zero-order valence-corrected chi connectivity index (χ0v) is 18.7. The molecule has 0 spiro atoms. The van der Waals surface area contributed by atoms with Gasteiger partial charge in [0.2, 0.25) is 5.89 Å². The molecule has 1 saturated heterocycles. The summed E-state index contributed by atoms with van der Waals surface area (Å²) in [7, 11) is 1.86. The van der Waals surface area contributed by atoms with E-state index in [0.29, 0.717) is 11.5 Å². The van der Waals surface area contributed by atoms with Gasteiger partial charge in [0, 0.05) is 38.0 Å². The number of aromatic nitrogens is 2. The zero-order valence-electron chi connectivity index (χ0n) is 18.7. The highest BCUT2D eigenvalue weighted by Gasteiger charge is 2.38. The van der Waals surface area contributed by atoms with Gasteiger partial charge in [0.05, 0.1) is 0 Å². The second-order valence-electron chi connectivity index (χ2n) is 8.99. The number of rotatable bonds is 8. The van der Waals surface area contributed by atoms with Gasteiger partial charge in [-0.3, -0.25) is 9.89 Å². The smallest absolute Gasteiger partial charge is 0.226 e. The Bertz CT molecular complexity index is 629. The lowest BCUT2D eigenvalue weighted by Crippen LogP contribution is -2.59. The van der Waals surface area contributed by atoms with E-state index in [1.807, 2.05) is 7.05 Å². The minimum atomic E-state index is 0.306. The molecule has 1 aliphatic heterocycles. The SMILES string of the molecule is CN=C(NCCCc1nc(C(C)C)no1)NCC1(N2CCCCC2)CCCCC1. The largest absolute Gasteiger partial charge is 0.356 e. The maximum absolute atomic E-state index is 5.33. The van der Waals surface area contributed by atoms with Crippen LogP contribution in [0.3, 0.4) is 0 Å². The van der Waals surface area contributed by atoms with E-state index >= 15 is 0 Å². The van der Waals surface area contributed by atoms with Crippen molar-refractivity contribution in [3.63, 3.8) is 0 Å². The Labute approximate surface area is 176 Å². The molecule has 0 aromatic carbocycles. The quantitative estimate of drug-likeness (QED) is 0.392. The van der Waals surface area contributed by atoms with E-state index in [4.69, 9.17) is 4.52 Å². The van der Waals surface area contributed by atoms with Gasteiger partial charge in [-0.15, -0.1) is 0 Å². The van der Waals surface area contributed by atoms with Gasteiger partial charge >= 0.3 is 0 Å². The number of nitrogens with one attached hydrogen (secondary N) is 2. The van der Waals surface area contributed by atoms with Crippen molar-refractivity contribution in [2.24, 2.45) is 4.99 Å². The van der Waals surface area contributed by atoms with E-state index < -0.39 is 0 Å². The molecule has 0 amide bonds. The predicted octanol–water partition coefficient (Wildman–Crippen LogP) is 3.48. The van der Waals surface area contributed by atoms with E-state index in [1.165, 1.54) is 64.5 Å². The van der Waals surface area contributed by atoms with Gasteiger partial charge in [-0.2, -0.15) is 4.98 Å². The van der Waals surface area contributed by atoms with Crippen LogP contribution in [0.5, 0.6) is 0 Å².